The van der Waals surface area contributed by atoms with E-state index in [4.69, 9.17) is 0 Å². The monoisotopic (exact) mass is 387 g/mol. The van der Waals surface area contributed by atoms with Crippen molar-refractivity contribution in [2.75, 3.05) is 6.54 Å². The molecule has 0 unspecified atom stereocenters. The topological polar surface area (TPSA) is 92.6 Å². The number of aromatic nitrogens is 6. The molecule has 1 saturated heterocycles. The van der Waals surface area contributed by atoms with E-state index >= 15 is 0 Å². The van der Waals surface area contributed by atoms with Crippen molar-refractivity contribution >= 4 is 16.8 Å². The molecule has 1 fully saturated rings. The van der Waals surface area contributed by atoms with Crippen LogP contribution in [0.25, 0.3) is 22.3 Å². The fourth-order valence-corrected chi connectivity index (χ4v) is 3.95. The fourth-order valence-electron chi connectivity index (χ4n) is 3.95. The van der Waals surface area contributed by atoms with Gasteiger partial charge >= 0.3 is 0 Å². The molecule has 1 N–H and O–H groups in total. The summed E-state index contributed by atoms with van der Waals surface area (Å²) in [6.07, 6.45) is 7.54. The Balaban J connectivity index is 1.29. The Kier molecular flexibility index (Phi) is 4.51. The van der Waals surface area contributed by atoms with E-state index < -0.39 is 0 Å². The number of nitrogens with zero attached hydrogens (tertiary/aromatic N) is 6. The number of para-hydroxylation sites is 1. The summed E-state index contributed by atoms with van der Waals surface area (Å²) < 4.78 is 1.90. The van der Waals surface area contributed by atoms with Gasteiger partial charge in [0, 0.05) is 36.3 Å². The molecule has 1 aliphatic rings. The summed E-state index contributed by atoms with van der Waals surface area (Å²) in [5.74, 6) is 1.49. The summed E-state index contributed by atoms with van der Waals surface area (Å²) in [5, 5.41) is 12.9. The van der Waals surface area contributed by atoms with Crippen molar-refractivity contribution in [3.05, 3.63) is 60.8 Å². The molecule has 0 radical (unpaired) electrons. The smallest absolute Gasteiger partial charge is 0.225 e. The molecule has 29 heavy (non-hydrogen) atoms. The molecule has 0 saturated carbocycles. The van der Waals surface area contributed by atoms with Gasteiger partial charge in [-0.2, -0.15) is 10.2 Å². The number of rotatable bonds is 5. The minimum Gasteiger partial charge on any atom is -0.332 e. The first kappa shape index (κ1) is 17.5. The van der Waals surface area contributed by atoms with Crippen LogP contribution in [0.3, 0.4) is 0 Å². The third-order valence-corrected chi connectivity index (χ3v) is 5.42. The second kappa shape index (κ2) is 7.46. The van der Waals surface area contributed by atoms with E-state index in [0.717, 1.165) is 41.7 Å². The molecular weight excluding hydrogens is 366 g/mol. The third kappa shape index (κ3) is 3.37. The van der Waals surface area contributed by atoms with Crippen LogP contribution in [0.1, 0.15) is 31.1 Å². The summed E-state index contributed by atoms with van der Waals surface area (Å²) in [5.41, 5.74) is 1.96. The number of H-pyrrole nitrogens is 1. The van der Waals surface area contributed by atoms with Crippen LogP contribution in [0.2, 0.25) is 0 Å². The average molecular weight is 387 g/mol. The predicted molar refractivity (Wildman–Crippen MR) is 108 cm³/mol. The summed E-state index contributed by atoms with van der Waals surface area (Å²) in [6, 6.07) is 11.7. The third-order valence-electron chi connectivity index (χ3n) is 5.42. The van der Waals surface area contributed by atoms with Gasteiger partial charge in [0.1, 0.15) is 5.82 Å². The highest BCUT2D eigenvalue weighted by Gasteiger charge is 2.32. The van der Waals surface area contributed by atoms with Crippen LogP contribution in [0.5, 0.6) is 0 Å². The number of fused-ring (bicyclic) bond motifs is 1. The Morgan fingerprint density at radius 3 is 2.93 bits per heavy atom. The maximum absolute atomic E-state index is 13.0. The molecule has 8 heteroatoms. The van der Waals surface area contributed by atoms with Gasteiger partial charge < -0.3 is 4.90 Å². The van der Waals surface area contributed by atoms with E-state index in [9.17, 15) is 4.79 Å². The van der Waals surface area contributed by atoms with Gasteiger partial charge in [0.25, 0.3) is 0 Å². The van der Waals surface area contributed by atoms with E-state index in [1.165, 1.54) is 0 Å². The van der Waals surface area contributed by atoms with E-state index in [-0.39, 0.29) is 11.9 Å². The van der Waals surface area contributed by atoms with Gasteiger partial charge in [-0.1, -0.05) is 18.2 Å². The number of carbonyl (C=O) groups is 1. The molecule has 0 bridgehead atoms. The Morgan fingerprint density at radius 1 is 1.17 bits per heavy atom. The quantitative estimate of drug-likeness (QED) is 0.568. The molecular formula is C21H21N7O. The maximum Gasteiger partial charge on any atom is 0.225 e. The van der Waals surface area contributed by atoms with Crippen LogP contribution in [-0.2, 0) is 11.3 Å². The number of likely N-dealkylation sites (tertiary alicyclic amines) is 1. The van der Waals surface area contributed by atoms with Crippen molar-refractivity contribution in [1.82, 2.24) is 34.8 Å². The zero-order chi connectivity index (χ0) is 19.6. The van der Waals surface area contributed by atoms with Crippen molar-refractivity contribution in [3.8, 4) is 11.4 Å². The number of aryl methyl sites for hydroxylation is 1. The lowest BCUT2D eigenvalue weighted by molar-refractivity contribution is -0.132. The first-order valence-corrected chi connectivity index (χ1v) is 9.82. The standard InChI is InChI=1S/C21H21N7O/c29-19(9-13-28-17-5-2-1-4-16(17)14-23-28)27-12-3-6-18(27)21-24-20(25-26-21)15-7-10-22-11-8-15/h1-2,4-5,7-8,10-11,14,18H,3,6,9,12-13H2,(H,24,25,26)/t18-/m1/s1. The zero-order valence-corrected chi connectivity index (χ0v) is 15.9. The Bertz CT molecular complexity index is 1130. The molecule has 1 aliphatic heterocycles. The molecule has 4 aromatic rings. The number of amides is 1. The van der Waals surface area contributed by atoms with E-state index in [1.807, 2.05) is 52.2 Å². The van der Waals surface area contributed by atoms with Gasteiger partial charge in [-0.3, -0.25) is 19.6 Å². The van der Waals surface area contributed by atoms with Gasteiger partial charge in [-0.25, -0.2) is 4.98 Å². The van der Waals surface area contributed by atoms with Gasteiger partial charge in [-0.05, 0) is 31.0 Å². The highest BCUT2D eigenvalue weighted by Crippen LogP contribution is 2.31. The SMILES string of the molecule is O=C(CCn1ncc2ccccc21)N1CCC[C@@H]1c1nc(-c2ccncc2)n[nH]1. The second-order valence-electron chi connectivity index (χ2n) is 7.20. The lowest BCUT2D eigenvalue weighted by atomic mass is 10.2. The highest BCUT2D eigenvalue weighted by atomic mass is 16.2. The lowest BCUT2D eigenvalue weighted by Gasteiger charge is -2.23. The molecule has 5 rings (SSSR count). The maximum atomic E-state index is 13.0. The highest BCUT2D eigenvalue weighted by molar-refractivity contribution is 5.79. The van der Waals surface area contributed by atoms with Gasteiger partial charge in [0.15, 0.2) is 5.82 Å². The van der Waals surface area contributed by atoms with Crippen molar-refractivity contribution in [2.45, 2.75) is 31.8 Å². The predicted octanol–water partition coefficient (Wildman–Crippen LogP) is 2.97. The van der Waals surface area contributed by atoms with Gasteiger partial charge in [0.2, 0.25) is 5.91 Å². The van der Waals surface area contributed by atoms with Crippen LogP contribution in [0.15, 0.2) is 55.0 Å². The van der Waals surface area contributed by atoms with E-state index in [2.05, 4.69) is 25.3 Å². The minimum atomic E-state index is -0.0556. The molecule has 1 amide bonds. The minimum absolute atomic E-state index is 0.0556. The molecule has 1 atom stereocenters. The first-order valence-electron chi connectivity index (χ1n) is 9.82. The number of carbonyl (C=O) groups excluding carboxylic acids is 1. The number of aromatic amines is 1. The van der Waals surface area contributed by atoms with Crippen LogP contribution in [0, 0.1) is 0 Å². The molecule has 0 aliphatic carbocycles. The Labute approximate surface area is 167 Å². The lowest BCUT2D eigenvalue weighted by Crippen LogP contribution is -2.31. The van der Waals surface area contributed by atoms with Gasteiger partial charge in [-0.15, -0.1) is 0 Å². The number of nitrogens with one attached hydrogen (secondary N) is 1. The Hall–Kier alpha value is -3.55. The van der Waals surface area contributed by atoms with Crippen molar-refractivity contribution in [3.63, 3.8) is 0 Å². The summed E-state index contributed by atoms with van der Waals surface area (Å²) in [4.78, 5) is 23.5. The van der Waals surface area contributed by atoms with Crippen molar-refractivity contribution in [1.29, 1.82) is 0 Å². The Morgan fingerprint density at radius 2 is 2.03 bits per heavy atom. The van der Waals surface area contributed by atoms with Crippen molar-refractivity contribution in [2.24, 2.45) is 0 Å². The summed E-state index contributed by atoms with van der Waals surface area (Å²) in [6.45, 7) is 1.31. The largest absolute Gasteiger partial charge is 0.332 e. The van der Waals surface area contributed by atoms with Crippen molar-refractivity contribution < 1.29 is 4.79 Å². The van der Waals surface area contributed by atoms with Crippen LogP contribution >= 0.6 is 0 Å². The first-order chi connectivity index (χ1) is 14.3. The van der Waals surface area contributed by atoms with Crippen LogP contribution < -0.4 is 0 Å². The van der Waals surface area contributed by atoms with E-state index in [1.54, 1.807) is 12.4 Å². The number of pyridine rings is 1. The molecule has 0 spiro atoms. The zero-order valence-electron chi connectivity index (χ0n) is 15.9. The molecule has 146 valence electrons. The summed E-state index contributed by atoms with van der Waals surface area (Å²) in [7, 11) is 0. The van der Waals surface area contributed by atoms with E-state index in [0.29, 0.717) is 18.8 Å². The van der Waals surface area contributed by atoms with Gasteiger partial charge in [0.05, 0.1) is 24.3 Å². The second-order valence-corrected chi connectivity index (χ2v) is 7.20. The molecule has 4 heterocycles. The normalized spacial score (nSPS) is 16.6. The average Bonchev–Trinajstić information content (AvgIpc) is 3.51. The number of hydrogen-bond acceptors (Lipinski definition) is 5. The molecule has 3 aromatic heterocycles. The summed E-state index contributed by atoms with van der Waals surface area (Å²) >= 11 is 0. The van der Waals surface area contributed by atoms with Crippen LogP contribution in [-0.4, -0.2) is 47.3 Å². The molecule has 8 nitrogen and oxygen atoms in total. The number of hydrogen-bond donors (Lipinski definition) is 1. The fraction of sp³-hybridized carbons (Fsp3) is 0.286. The number of benzene rings is 1. The molecule has 1 aromatic carbocycles. The van der Waals surface area contributed by atoms with Crippen LogP contribution in [0.4, 0.5) is 0 Å².